The van der Waals surface area contributed by atoms with Gasteiger partial charge in [-0.1, -0.05) is 24.3 Å². The van der Waals surface area contributed by atoms with Gasteiger partial charge in [-0.05, 0) is 66.9 Å². The molecule has 2 fully saturated rings. The number of amides is 2. The quantitative estimate of drug-likeness (QED) is 0.684. The zero-order chi connectivity index (χ0) is 19.7. The molecular formula is C22H21FN2O2S. The third-order valence-electron chi connectivity index (χ3n) is 5.17. The Bertz CT molecular complexity index is 967. The highest BCUT2D eigenvalue weighted by Gasteiger charge is 2.35. The van der Waals surface area contributed by atoms with Crippen LogP contribution in [-0.2, 0) is 11.3 Å². The second-order valence-corrected chi connectivity index (χ2v) is 8.09. The van der Waals surface area contributed by atoms with Gasteiger partial charge in [-0.3, -0.25) is 14.5 Å². The molecule has 144 valence electrons. The number of carbonyl (C=O) groups is 2. The highest BCUT2D eigenvalue weighted by atomic mass is 32.2. The molecule has 0 saturated carbocycles. The van der Waals surface area contributed by atoms with E-state index in [4.69, 9.17) is 0 Å². The molecule has 0 N–H and O–H groups in total. The molecule has 2 aliphatic heterocycles. The summed E-state index contributed by atoms with van der Waals surface area (Å²) in [6.45, 7) is 4.11. The molecule has 4 rings (SSSR count). The van der Waals surface area contributed by atoms with Crippen molar-refractivity contribution in [2.45, 2.75) is 26.3 Å². The first-order chi connectivity index (χ1) is 13.5. The van der Waals surface area contributed by atoms with Gasteiger partial charge in [-0.15, -0.1) is 0 Å². The Kier molecular flexibility index (Phi) is 5.22. The molecule has 2 heterocycles. The maximum Gasteiger partial charge on any atom is 0.293 e. The van der Waals surface area contributed by atoms with Crippen LogP contribution >= 0.6 is 11.8 Å². The van der Waals surface area contributed by atoms with E-state index in [1.807, 2.05) is 13.0 Å². The van der Waals surface area contributed by atoms with Crippen LogP contribution in [0.2, 0.25) is 0 Å². The molecule has 0 spiro atoms. The summed E-state index contributed by atoms with van der Waals surface area (Å²) < 4.78 is 13.9. The van der Waals surface area contributed by atoms with Crippen molar-refractivity contribution in [3.63, 3.8) is 0 Å². The van der Waals surface area contributed by atoms with Crippen molar-refractivity contribution < 1.29 is 14.0 Å². The number of rotatable bonds is 4. The molecule has 2 aromatic carbocycles. The molecule has 2 aliphatic rings. The number of aryl methyl sites for hydroxylation is 1. The van der Waals surface area contributed by atoms with Gasteiger partial charge in [0.1, 0.15) is 5.82 Å². The molecule has 0 bridgehead atoms. The fourth-order valence-corrected chi connectivity index (χ4v) is 4.40. The van der Waals surface area contributed by atoms with Crippen LogP contribution < -0.4 is 4.90 Å². The standard InChI is InChI=1S/C22H21FN2O2S/c1-15-12-18(24-10-4-5-11-24)9-8-16(15)13-20-21(26)25(22(27)28-20)14-17-6-2-3-7-19(17)23/h2-3,6-9,12-13H,4-5,10-11,14H2,1H3/b20-13-. The predicted octanol–water partition coefficient (Wildman–Crippen LogP) is 4.97. The molecule has 0 radical (unpaired) electrons. The van der Waals surface area contributed by atoms with Crippen molar-refractivity contribution in [3.8, 4) is 0 Å². The maximum atomic E-state index is 13.9. The summed E-state index contributed by atoms with van der Waals surface area (Å²) in [6.07, 6.45) is 4.20. The Morgan fingerprint density at radius 1 is 1.11 bits per heavy atom. The van der Waals surface area contributed by atoms with Crippen molar-refractivity contribution in [1.82, 2.24) is 4.90 Å². The van der Waals surface area contributed by atoms with E-state index in [1.54, 1.807) is 24.3 Å². The number of hydrogen-bond acceptors (Lipinski definition) is 4. The van der Waals surface area contributed by atoms with Gasteiger partial charge >= 0.3 is 0 Å². The summed E-state index contributed by atoms with van der Waals surface area (Å²) in [5, 5.41) is -0.370. The summed E-state index contributed by atoms with van der Waals surface area (Å²) in [5.74, 6) is -0.792. The molecule has 2 aromatic rings. The number of anilines is 1. The average Bonchev–Trinajstić information content (AvgIpc) is 3.30. The van der Waals surface area contributed by atoms with Crippen LogP contribution in [0.4, 0.5) is 14.9 Å². The van der Waals surface area contributed by atoms with Gasteiger partial charge in [0.15, 0.2) is 0 Å². The molecule has 2 amide bonds. The molecule has 0 unspecified atom stereocenters. The summed E-state index contributed by atoms with van der Waals surface area (Å²) in [7, 11) is 0. The topological polar surface area (TPSA) is 40.6 Å². The third-order valence-corrected chi connectivity index (χ3v) is 6.08. The van der Waals surface area contributed by atoms with Crippen molar-refractivity contribution >= 4 is 34.7 Å². The first-order valence-electron chi connectivity index (χ1n) is 9.37. The van der Waals surface area contributed by atoms with Gasteiger partial charge in [0.2, 0.25) is 0 Å². The Labute approximate surface area is 168 Å². The van der Waals surface area contributed by atoms with Gasteiger partial charge in [-0.25, -0.2) is 4.39 Å². The summed E-state index contributed by atoms with van der Waals surface area (Å²) in [5.41, 5.74) is 3.50. The maximum absolute atomic E-state index is 13.9. The van der Waals surface area contributed by atoms with Crippen molar-refractivity contribution in [2.75, 3.05) is 18.0 Å². The average molecular weight is 396 g/mol. The van der Waals surface area contributed by atoms with E-state index in [9.17, 15) is 14.0 Å². The normalized spacial score (nSPS) is 18.6. The van der Waals surface area contributed by atoms with Gasteiger partial charge in [0.25, 0.3) is 11.1 Å². The van der Waals surface area contributed by atoms with E-state index in [0.29, 0.717) is 10.5 Å². The minimum atomic E-state index is -0.418. The van der Waals surface area contributed by atoms with E-state index >= 15 is 0 Å². The van der Waals surface area contributed by atoms with Crippen molar-refractivity contribution in [2.24, 2.45) is 0 Å². The number of benzene rings is 2. The molecule has 6 heteroatoms. The molecule has 0 aromatic heterocycles. The minimum absolute atomic E-state index is 0.0540. The van der Waals surface area contributed by atoms with Crippen LogP contribution in [-0.4, -0.2) is 29.1 Å². The lowest BCUT2D eigenvalue weighted by atomic mass is 10.1. The monoisotopic (exact) mass is 396 g/mol. The summed E-state index contributed by atoms with van der Waals surface area (Å²) in [6, 6.07) is 12.4. The number of thioether (sulfide) groups is 1. The summed E-state index contributed by atoms with van der Waals surface area (Å²) >= 11 is 0.906. The lowest BCUT2D eigenvalue weighted by Gasteiger charge is -2.18. The number of hydrogen-bond donors (Lipinski definition) is 0. The van der Waals surface area contributed by atoms with E-state index in [2.05, 4.69) is 17.0 Å². The van der Waals surface area contributed by atoms with Crippen LogP contribution in [0.3, 0.4) is 0 Å². The first-order valence-corrected chi connectivity index (χ1v) is 10.2. The predicted molar refractivity (Wildman–Crippen MR) is 111 cm³/mol. The van der Waals surface area contributed by atoms with Gasteiger partial charge in [0, 0.05) is 24.3 Å². The summed E-state index contributed by atoms with van der Waals surface area (Å²) in [4.78, 5) is 28.9. The lowest BCUT2D eigenvalue weighted by molar-refractivity contribution is -0.123. The van der Waals surface area contributed by atoms with E-state index < -0.39 is 5.82 Å². The van der Waals surface area contributed by atoms with E-state index in [1.165, 1.54) is 24.6 Å². The van der Waals surface area contributed by atoms with Gasteiger partial charge in [0.05, 0.1) is 11.4 Å². The van der Waals surface area contributed by atoms with Crippen LogP contribution in [0.1, 0.15) is 29.5 Å². The molecule has 2 saturated heterocycles. The highest BCUT2D eigenvalue weighted by Crippen LogP contribution is 2.34. The lowest BCUT2D eigenvalue weighted by Crippen LogP contribution is -2.27. The van der Waals surface area contributed by atoms with Crippen molar-refractivity contribution in [1.29, 1.82) is 0 Å². The largest absolute Gasteiger partial charge is 0.372 e. The Morgan fingerprint density at radius 2 is 1.86 bits per heavy atom. The fraction of sp³-hybridized carbons (Fsp3) is 0.273. The van der Waals surface area contributed by atoms with Crippen LogP contribution in [0.15, 0.2) is 47.4 Å². The second kappa shape index (κ2) is 7.80. The van der Waals surface area contributed by atoms with E-state index in [-0.39, 0.29) is 17.7 Å². The Balaban J connectivity index is 1.54. The Morgan fingerprint density at radius 3 is 2.57 bits per heavy atom. The molecule has 0 atom stereocenters. The zero-order valence-corrected chi connectivity index (χ0v) is 16.5. The van der Waals surface area contributed by atoms with Crippen LogP contribution in [0.25, 0.3) is 6.08 Å². The van der Waals surface area contributed by atoms with Gasteiger partial charge in [-0.2, -0.15) is 0 Å². The van der Waals surface area contributed by atoms with Gasteiger partial charge < -0.3 is 4.90 Å². The second-order valence-electron chi connectivity index (χ2n) is 7.09. The molecule has 4 nitrogen and oxygen atoms in total. The third kappa shape index (κ3) is 3.69. The highest BCUT2D eigenvalue weighted by molar-refractivity contribution is 8.18. The zero-order valence-electron chi connectivity index (χ0n) is 15.7. The fourth-order valence-electron chi connectivity index (χ4n) is 3.57. The molecule has 0 aliphatic carbocycles. The first kappa shape index (κ1) is 18.7. The molecule has 28 heavy (non-hydrogen) atoms. The van der Waals surface area contributed by atoms with Crippen LogP contribution in [0, 0.1) is 12.7 Å². The number of imide groups is 1. The Hall–Kier alpha value is -2.60. The van der Waals surface area contributed by atoms with Crippen molar-refractivity contribution in [3.05, 3.63) is 69.9 Å². The number of halogens is 1. The van der Waals surface area contributed by atoms with Crippen LogP contribution in [0.5, 0.6) is 0 Å². The SMILES string of the molecule is Cc1cc(N2CCCC2)ccc1/C=C1\SC(=O)N(Cc2ccccc2F)C1=O. The number of nitrogens with zero attached hydrogens (tertiary/aromatic N) is 2. The number of carbonyl (C=O) groups excluding carboxylic acids is 2. The van der Waals surface area contributed by atoms with E-state index in [0.717, 1.165) is 40.9 Å². The smallest absolute Gasteiger partial charge is 0.293 e. The molecular weight excluding hydrogens is 375 g/mol. The minimum Gasteiger partial charge on any atom is -0.372 e.